The molecule has 0 saturated heterocycles. The Morgan fingerprint density at radius 3 is 2.29 bits per heavy atom. The molecule has 2 aromatic heterocycles. The summed E-state index contributed by atoms with van der Waals surface area (Å²) in [6.07, 6.45) is 1.68. The van der Waals surface area contributed by atoms with Crippen LogP contribution in [0.3, 0.4) is 0 Å². The Labute approximate surface area is 180 Å². The molecule has 0 spiro atoms. The molecule has 4 rings (SSSR count). The normalized spacial score (nSPS) is 11.9. The number of hydrogen-bond donors (Lipinski definition) is 1. The molecule has 0 atom stereocenters. The number of halogens is 1. The van der Waals surface area contributed by atoms with Crippen LogP contribution >= 0.6 is 0 Å². The van der Waals surface area contributed by atoms with E-state index in [0.29, 0.717) is 6.54 Å². The van der Waals surface area contributed by atoms with E-state index in [2.05, 4.69) is 24.0 Å². The van der Waals surface area contributed by atoms with E-state index in [9.17, 15) is 0 Å². The molecule has 2 aromatic carbocycles. The molecule has 0 bridgehead atoms. The molecular formula is C22H20ClNO7. The number of nitrogens with one attached hydrogen (secondary N) is 1. The molecule has 9 heteroatoms. The molecule has 162 valence electrons. The Kier molecular flexibility index (Phi) is 7.11. The Morgan fingerprint density at radius 2 is 1.68 bits per heavy atom. The molecular weight excluding hydrogens is 426 g/mol. The van der Waals surface area contributed by atoms with Gasteiger partial charge in [-0.2, -0.15) is 0 Å². The van der Waals surface area contributed by atoms with E-state index in [4.69, 9.17) is 32.2 Å². The van der Waals surface area contributed by atoms with Crippen LogP contribution in [0.25, 0.3) is 22.3 Å². The van der Waals surface area contributed by atoms with Crippen LogP contribution in [0, 0.1) is 17.2 Å². The molecule has 0 aliphatic carbocycles. The number of rotatable bonds is 4. The second kappa shape index (κ2) is 9.78. The first kappa shape index (κ1) is 22.5. The van der Waals surface area contributed by atoms with E-state index in [1.54, 1.807) is 13.4 Å². The SMILES string of the molecule is COc1ccc(-c2cc(=[NH+]Cc3ccco3)c3cc(C)ccc3o2)cc1.[O-][Cl+3]([O-])([O-])[O-]. The first-order valence-corrected chi connectivity index (χ1v) is 10.4. The molecule has 4 aromatic rings. The lowest BCUT2D eigenvalue weighted by molar-refractivity contribution is -2.00. The standard InChI is InChI=1S/C22H19NO3.ClHO4/c1-15-5-10-21-19(12-15)20(23-14-18-4-3-11-25-18)13-22(26-21)16-6-8-17(24-2)9-7-16;2-1(3,4)5/h3-13H,14H2,1-2H3;(H,2,3,4,5). The second-order valence-corrected chi connectivity index (χ2v) is 7.32. The minimum absolute atomic E-state index is 0.613. The third-order valence-corrected chi connectivity index (χ3v) is 4.33. The number of methoxy groups -OCH3 is 1. The summed E-state index contributed by atoms with van der Waals surface area (Å²) in [5.74, 6) is 2.50. The van der Waals surface area contributed by atoms with Gasteiger partial charge in [0.15, 0.2) is 12.3 Å². The fraction of sp³-hybridized carbons (Fsp3) is 0.136. The van der Waals surface area contributed by atoms with Crippen molar-refractivity contribution in [3.8, 4) is 17.1 Å². The smallest absolute Gasteiger partial charge is 0.213 e. The molecule has 0 fully saturated rings. The fourth-order valence-corrected chi connectivity index (χ4v) is 2.94. The summed E-state index contributed by atoms with van der Waals surface area (Å²) in [5, 5.41) is 2.06. The topological polar surface area (TPSA) is 142 Å². The lowest BCUT2D eigenvalue weighted by atomic mass is 10.1. The maximum atomic E-state index is 8.49. The van der Waals surface area contributed by atoms with Gasteiger partial charge in [-0.3, -0.25) is 0 Å². The van der Waals surface area contributed by atoms with E-state index >= 15 is 0 Å². The molecule has 0 unspecified atom stereocenters. The van der Waals surface area contributed by atoms with Gasteiger partial charge in [-0.15, -0.1) is 10.2 Å². The van der Waals surface area contributed by atoms with Crippen molar-refractivity contribution in [1.29, 1.82) is 0 Å². The number of hydrogen-bond acceptors (Lipinski definition) is 7. The monoisotopic (exact) mass is 445 g/mol. The molecule has 31 heavy (non-hydrogen) atoms. The molecule has 0 aliphatic rings. The zero-order chi connectivity index (χ0) is 22.4. The van der Waals surface area contributed by atoms with Crippen molar-refractivity contribution in [2.75, 3.05) is 7.11 Å². The predicted octanol–water partition coefficient (Wildman–Crippen LogP) is -1.56. The molecule has 2 heterocycles. The average Bonchev–Trinajstić information content (AvgIpc) is 3.24. The van der Waals surface area contributed by atoms with Gasteiger partial charge >= 0.3 is 0 Å². The van der Waals surface area contributed by atoms with Gasteiger partial charge in [0.05, 0.1) is 24.8 Å². The molecule has 0 aliphatic heterocycles. The number of benzene rings is 2. The third-order valence-electron chi connectivity index (χ3n) is 4.33. The largest absolute Gasteiger partial charge is 0.497 e. The van der Waals surface area contributed by atoms with Crippen LogP contribution < -0.4 is 33.7 Å². The first-order chi connectivity index (χ1) is 14.7. The van der Waals surface area contributed by atoms with Gasteiger partial charge < -0.3 is 13.6 Å². The molecule has 0 saturated carbocycles. The highest BCUT2D eigenvalue weighted by molar-refractivity contribution is 5.78. The van der Waals surface area contributed by atoms with E-state index in [-0.39, 0.29) is 0 Å². The van der Waals surface area contributed by atoms with Crippen molar-refractivity contribution < 1.29 is 47.4 Å². The number of aryl methyl sites for hydroxylation is 1. The lowest BCUT2D eigenvalue weighted by Gasteiger charge is -2.17. The van der Waals surface area contributed by atoms with Gasteiger partial charge in [0.1, 0.15) is 17.1 Å². The minimum atomic E-state index is -4.94. The van der Waals surface area contributed by atoms with Crippen LogP contribution in [0.5, 0.6) is 5.75 Å². The summed E-state index contributed by atoms with van der Waals surface area (Å²) in [5.41, 5.74) is 3.02. The van der Waals surface area contributed by atoms with E-state index in [0.717, 1.165) is 39.2 Å². The fourth-order valence-electron chi connectivity index (χ4n) is 2.94. The Morgan fingerprint density at radius 1 is 0.968 bits per heavy atom. The summed E-state index contributed by atoms with van der Waals surface area (Å²) >= 11 is 0. The maximum Gasteiger partial charge on any atom is 0.213 e. The van der Waals surface area contributed by atoms with Gasteiger partial charge in [0.25, 0.3) is 0 Å². The van der Waals surface area contributed by atoms with Crippen LogP contribution in [-0.2, 0) is 6.54 Å². The number of fused-ring (bicyclic) bond motifs is 1. The van der Waals surface area contributed by atoms with Gasteiger partial charge in [-0.25, -0.2) is 23.6 Å². The summed E-state index contributed by atoms with van der Waals surface area (Å²) in [4.78, 5) is 3.47. The maximum absolute atomic E-state index is 8.49. The van der Waals surface area contributed by atoms with Crippen molar-refractivity contribution in [3.05, 3.63) is 83.6 Å². The highest BCUT2D eigenvalue weighted by Gasteiger charge is 2.10. The molecule has 0 amide bonds. The lowest BCUT2D eigenvalue weighted by Crippen LogP contribution is -2.75. The number of ether oxygens (including phenoxy) is 1. The highest BCUT2D eigenvalue weighted by Crippen LogP contribution is 2.24. The average molecular weight is 446 g/mol. The minimum Gasteiger partial charge on any atom is -0.497 e. The molecule has 8 nitrogen and oxygen atoms in total. The Hall–Kier alpha value is -3.14. The van der Waals surface area contributed by atoms with Gasteiger partial charge in [0, 0.05) is 5.56 Å². The second-order valence-electron chi connectivity index (χ2n) is 6.56. The zero-order valence-corrected chi connectivity index (χ0v) is 17.5. The van der Waals surface area contributed by atoms with E-state index in [1.165, 1.54) is 5.56 Å². The Bertz CT molecular complexity index is 1190. The van der Waals surface area contributed by atoms with E-state index < -0.39 is 10.2 Å². The van der Waals surface area contributed by atoms with Crippen LogP contribution in [0.2, 0.25) is 0 Å². The quantitative estimate of drug-likeness (QED) is 0.400. The van der Waals surface area contributed by atoms with Crippen molar-refractivity contribution in [1.82, 2.24) is 0 Å². The Balaban J connectivity index is 0.000000491. The first-order valence-electron chi connectivity index (χ1n) is 9.13. The van der Waals surface area contributed by atoms with Gasteiger partial charge in [0.2, 0.25) is 5.36 Å². The molecule has 1 N–H and O–H groups in total. The summed E-state index contributed by atoms with van der Waals surface area (Å²) in [6, 6.07) is 19.9. The third kappa shape index (κ3) is 6.68. The van der Waals surface area contributed by atoms with Crippen molar-refractivity contribution in [3.63, 3.8) is 0 Å². The van der Waals surface area contributed by atoms with Crippen LogP contribution in [-0.4, -0.2) is 7.11 Å². The van der Waals surface area contributed by atoms with Crippen molar-refractivity contribution in [2.24, 2.45) is 0 Å². The van der Waals surface area contributed by atoms with Crippen LogP contribution in [0.15, 0.2) is 75.8 Å². The zero-order valence-electron chi connectivity index (χ0n) is 16.8. The van der Waals surface area contributed by atoms with Crippen LogP contribution in [0.1, 0.15) is 11.3 Å². The number of furan rings is 1. The summed E-state index contributed by atoms with van der Waals surface area (Å²) in [7, 11) is -3.28. The van der Waals surface area contributed by atoms with Gasteiger partial charge in [-0.05, 0) is 55.5 Å². The summed E-state index contributed by atoms with van der Waals surface area (Å²) < 4.78 is 50.8. The highest BCUT2D eigenvalue weighted by atomic mass is 35.7. The van der Waals surface area contributed by atoms with Crippen molar-refractivity contribution in [2.45, 2.75) is 13.5 Å². The van der Waals surface area contributed by atoms with Crippen molar-refractivity contribution >= 4 is 11.0 Å². The molecule has 0 radical (unpaired) electrons. The summed E-state index contributed by atoms with van der Waals surface area (Å²) in [6.45, 7) is 2.69. The predicted molar refractivity (Wildman–Crippen MR) is 99.4 cm³/mol. The van der Waals surface area contributed by atoms with E-state index in [1.807, 2.05) is 48.5 Å². The van der Waals surface area contributed by atoms with Crippen LogP contribution in [0.4, 0.5) is 0 Å². The van der Waals surface area contributed by atoms with Gasteiger partial charge in [-0.1, -0.05) is 11.6 Å².